The molecule has 2 aliphatic heterocycles. The highest BCUT2D eigenvalue weighted by Gasteiger charge is 2.41. The lowest BCUT2D eigenvalue weighted by atomic mass is 9.85. The molecule has 2 bridgehead atoms. The molecule has 1 aromatic carbocycles. The van der Waals surface area contributed by atoms with Crippen molar-refractivity contribution in [2.24, 2.45) is 10.9 Å². The van der Waals surface area contributed by atoms with Gasteiger partial charge in [-0.15, -0.1) is 0 Å². The summed E-state index contributed by atoms with van der Waals surface area (Å²) in [6.07, 6.45) is 7.34. The predicted octanol–water partition coefficient (Wildman–Crippen LogP) is 2.80. The molecule has 0 aromatic heterocycles. The lowest BCUT2D eigenvalue weighted by Gasteiger charge is -2.24. The van der Waals surface area contributed by atoms with Crippen LogP contribution in [0.3, 0.4) is 0 Å². The maximum absolute atomic E-state index is 12.1. The number of benzene rings is 1. The van der Waals surface area contributed by atoms with Gasteiger partial charge in [0.1, 0.15) is 0 Å². The number of carbonyl (C=O) groups is 1. The van der Waals surface area contributed by atoms with Crippen LogP contribution in [-0.4, -0.2) is 36.7 Å². The molecule has 3 aliphatic rings. The summed E-state index contributed by atoms with van der Waals surface area (Å²) in [5.41, 5.74) is 1.95. The van der Waals surface area contributed by atoms with Gasteiger partial charge in [0, 0.05) is 18.2 Å². The first-order chi connectivity index (χ1) is 13.2. The Morgan fingerprint density at radius 1 is 1.26 bits per heavy atom. The zero-order valence-corrected chi connectivity index (χ0v) is 16.0. The molecule has 3 N–H and O–H groups in total. The molecular formula is C21H30N4O2. The second-order valence-electron chi connectivity index (χ2n) is 7.87. The van der Waals surface area contributed by atoms with Crippen LogP contribution in [0, 0.1) is 5.92 Å². The highest BCUT2D eigenvalue weighted by Crippen LogP contribution is 2.34. The van der Waals surface area contributed by atoms with Crippen LogP contribution in [0.2, 0.25) is 0 Å². The number of nitrogens with one attached hydrogen (secondary N) is 3. The van der Waals surface area contributed by atoms with Gasteiger partial charge in [-0.1, -0.05) is 18.6 Å². The SMILES string of the molecule is CCNC(=NCc1cccc(NC(=O)C2CCC2)c1)NC1CC2CCC1O2. The number of rotatable bonds is 6. The average Bonchev–Trinajstić information content (AvgIpc) is 3.21. The zero-order chi connectivity index (χ0) is 18.6. The summed E-state index contributed by atoms with van der Waals surface area (Å²) in [6, 6.07) is 8.34. The molecule has 1 aromatic rings. The number of ether oxygens (including phenoxy) is 1. The van der Waals surface area contributed by atoms with Crippen LogP contribution in [-0.2, 0) is 16.1 Å². The van der Waals surface area contributed by atoms with E-state index < -0.39 is 0 Å². The van der Waals surface area contributed by atoms with E-state index in [9.17, 15) is 4.79 Å². The van der Waals surface area contributed by atoms with E-state index in [4.69, 9.17) is 9.73 Å². The van der Waals surface area contributed by atoms with E-state index in [-0.39, 0.29) is 11.8 Å². The molecule has 0 radical (unpaired) electrons. The van der Waals surface area contributed by atoms with Crippen molar-refractivity contribution >= 4 is 17.6 Å². The summed E-state index contributed by atoms with van der Waals surface area (Å²) in [5, 5.41) is 9.91. The first-order valence-electron chi connectivity index (χ1n) is 10.3. The van der Waals surface area contributed by atoms with E-state index in [1.54, 1.807) is 0 Å². The number of carbonyl (C=O) groups excluding carboxylic acids is 1. The smallest absolute Gasteiger partial charge is 0.227 e. The summed E-state index contributed by atoms with van der Waals surface area (Å²) in [6.45, 7) is 3.47. The summed E-state index contributed by atoms with van der Waals surface area (Å²) < 4.78 is 5.93. The van der Waals surface area contributed by atoms with Crippen LogP contribution >= 0.6 is 0 Å². The Bertz CT molecular complexity index is 701. The summed E-state index contributed by atoms with van der Waals surface area (Å²) in [4.78, 5) is 16.9. The second kappa shape index (κ2) is 8.30. The van der Waals surface area contributed by atoms with Crippen molar-refractivity contribution in [3.05, 3.63) is 29.8 Å². The molecule has 3 unspecified atom stereocenters. The van der Waals surface area contributed by atoms with Crippen molar-refractivity contribution in [1.29, 1.82) is 0 Å². The van der Waals surface area contributed by atoms with Crippen LogP contribution in [0.15, 0.2) is 29.3 Å². The third kappa shape index (κ3) is 4.43. The zero-order valence-electron chi connectivity index (χ0n) is 16.0. The quantitative estimate of drug-likeness (QED) is 0.532. The molecule has 27 heavy (non-hydrogen) atoms. The molecule has 1 amide bonds. The van der Waals surface area contributed by atoms with Crippen molar-refractivity contribution < 1.29 is 9.53 Å². The molecule has 0 spiro atoms. The fourth-order valence-corrected chi connectivity index (χ4v) is 4.12. The van der Waals surface area contributed by atoms with E-state index in [1.165, 1.54) is 12.8 Å². The van der Waals surface area contributed by atoms with Crippen LogP contribution in [0.25, 0.3) is 0 Å². The molecule has 3 fully saturated rings. The summed E-state index contributed by atoms with van der Waals surface area (Å²) in [7, 11) is 0. The topological polar surface area (TPSA) is 74.8 Å². The Hall–Kier alpha value is -2.08. The Morgan fingerprint density at radius 2 is 2.15 bits per heavy atom. The fourth-order valence-electron chi connectivity index (χ4n) is 4.12. The molecule has 2 heterocycles. The maximum Gasteiger partial charge on any atom is 0.227 e. The number of aliphatic imine (C=N–C) groups is 1. The monoisotopic (exact) mass is 370 g/mol. The molecule has 6 nitrogen and oxygen atoms in total. The number of fused-ring (bicyclic) bond motifs is 2. The third-order valence-corrected chi connectivity index (χ3v) is 5.86. The molecular weight excluding hydrogens is 340 g/mol. The van der Waals surface area contributed by atoms with Gasteiger partial charge in [-0.2, -0.15) is 0 Å². The Kier molecular flexibility index (Phi) is 5.62. The van der Waals surface area contributed by atoms with Gasteiger partial charge in [0.25, 0.3) is 0 Å². The fraction of sp³-hybridized carbons (Fsp3) is 0.619. The summed E-state index contributed by atoms with van der Waals surface area (Å²) in [5.74, 6) is 1.18. The van der Waals surface area contributed by atoms with E-state index in [0.29, 0.717) is 24.8 Å². The van der Waals surface area contributed by atoms with Gasteiger partial charge in [0.15, 0.2) is 5.96 Å². The van der Waals surface area contributed by atoms with Gasteiger partial charge in [-0.05, 0) is 56.7 Å². The molecule has 4 rings (SSSR count). The van der Waals surface area contributed by atoms with Gasteiger partial charge in [0.2, 0.25) is 5.91 Å². The van der Waals surface area contributed by atoms with Crippen molar-refractivity contribution in [2.45, 2.75) is 70.2 Å². The van der Waals surface area contributed by atoms with E-state index >= 15 is 0 Å². The average molecular weight is 370 g/mol. The van der Waals surface area contributed by atoms with Crippen LogP contribution < -0.4 is 16.0 Å². The van der Waals surface area contributed by atoms with Gasteiger partial charge >= 0.3 is 0 Å². The molecule has 6 heteroatoms. The highest BCUT2D eigenvalue weighted by molar-refractivity contribution is 5.93. The van der Waals surface area contributed by atoms with Gasteiger partial charge in [-0.3, -0.25) is 4.79 Å². The van der Waals surface area contributed by atoms with E-state index in [1.807, 2.05) is 24.3 Å². The molecule has 146 valence electrons. The summed E-state index contributed by atoms with van der Waals surface area (Å²) >= 11 is 0. The standard InChI is InChI=1S/C21H30N4O2/c1-2-22-21(25-18-12-17-9-10-19(18)27-17)23-13-14-5-3-8-16(11-14)24-20(26)15-6-4-7-15/h3,5,8,11,15,17-19H,2,4,6-7,9-10,12-13H2,1H3,(H,24,26)(H2,22,23,25). The number of hydrogen-bond acceptors (Lipinski definition) is 3. The maximum atomic E-state index is 12.1. The number of hydrogen-bond donors (Lipinski definition) is 3. The predicted molar refractivity (Wildman–Crippen MR) is 107 cm³/mol. The first-order valence-corrected chi connectivity index (χ1v) is 10.3. The van der Waals surface area contributed by atoms with Crippen molar-refractivity contribution in [2.75, 3.05) is 11.9 Å². The van der Waals surface area contributed by atoms with Crippen molar-refractivity contribution in [1.82, 2.24) is 10.6 Å². The highest BCUT2D eigenvalue weighted by atomic mass is 16.5. The Morgan fingerprint density at radius 3 is 2.81 bits per heavy atom. The minimum absolute atomic E-state index is 0.146. The molecule has 1 aliphatic carbocycles. The van der Waals surface area contributed by atoms with Crippen LogP contribution in [0.1, 0.15) is 51.0 Å². The minimum Gasteiger partial charge on any atom is -0.373 e. The molecule has 1 saturated carbocycles. The largest absolute Gasteiger partial charge is 0.373 e. The minimum atomic E-state index is 0.146. The van der Waals surface area contributed by atoms with E-state index in [0.717, 1.165) is 49.4 Å². The first kappa shape index (κ1) is 18.3. The number of guanidine groups is 1. The number of amides is 1. The van der Waals surface area contributed by atoms with Crippen LogP contribution in [0.4, 0.5) is 5.69 Å². The van der Waals surface area contributed by atoms with Crippen LogP contribution in [0.5, 0.6) is 0 Å². The second-order valence-corrected chi connectivity index (χ2v) is 7.87. The molecule has 3 atom stereocenters. The Labute approximate surface area is 161 Å². The number of anilines is 1. The van der Waals surface area contributed by atoms with Gasteiger partial charge in [0.05, 0.1) is 24.8 Å². The lowest BCUT2D eigenvalue weighted by Crippen LogP contribution is -2.47. The molecule has 2 saturated heterocycles. The number of nitrogens with zero attached hydrogens (tertiary/aromatic N) is 1. The van der Waals surface area contributed by atoms with Crippen molar-refractivity contribution in [3.63, 3.8) is 0 Å². The van der Waals surface area contributed by atoms with Gasteiger partial charge in [-0.25, -0.2) is 4.99 Å². The third-order valence-electron chi connectivity index (χ3n) is 5.86. The van der Waals surface area contributed by atoms with E-state index in [2.05, 4.69) is 22.9 Å². The lowest BCUT2D eigenvalue weighted by molar-refractivity contribution is -0.122. The Balaban J connectivity index is 1.35. The van der Waals surface area contributed by atoms with Gasteiger partial charge < -0.3 is 20.7 Å². The normalized spacial score (nSPS) is 27.3. The van der Waals surface area contributed by atoms with Crippen molar-refractivity contribution in [3.8, 4) is 0 Å².